The van der Waals surface area contributed by atoms with Crippen molar-refractivity contribution in [2.75, 3.05) is 6.61 Å². The Kier molecular flexibility index (Phi) is 3.26. The third-order valence-electron chi connectivity index (χ3n) is 1.33. The fourth-order valence-corrected chi connectivity index (χ4v) is 0.702. The summed E-state index contributed by atoms with van der Waals surface area (Å²) in [4.78, 5) is 8.08. The lowest BCUT2D eigenvalue weighted by Crippen LogP contribution is -1.98. The molecular formula is C9H12N2O. The van der Waals surface area contributed by atoms with E-state index in [-0.39, 0.29) is 0 Å². The number of hydrogen-bond donors (Lipinski definition) is 0. The Balaban J connectivity index is 2.42. The van der Waals surface area contributed by atoms with Crippen LogP contribution in [-0.2, 0) is 0 Å². The third-order valence-corrected chi connectivity index (χ3v) is 1.33. The topological polar surface area (TPSA) is 35.0 Å². The molecule has 0 bridgehead atoms. The average Bonchev–Trinajstić information content (AvgIpc) is 2.09. The summed E-state index contributed by atoms with van der Waals surface area (Å²) in [7, 11) is 0. The van der Waals surface area contributed by atoms with Gasteiger partial charge in [0.2, 0.25) is 5.88 Å². The summed E-state index contributed by atoms with van der Waals surface area (Å²) in [6, 6.07) is 0. The fraction of sp³-hybridized carbons (Fsp3) is 0.333. The van der Waals surface area contributed by atoms with Crippen molar-refractivity contribution in [3.63, 3.8) is 0 Å². The third kappa shape index (κ3) is 2.70. The maximum Gasteiger partial charge on any atom is 0.232 e. The highest BCUT2D eigenvalue weighted by atomic mass is 16.5. The zero-order chi connectivity index (χ0) is 8.81. The number of aryl methyl sites for hydroxylation is 1. The standard InChI is InChI=1S/C9H12N2O/c1-3-4-5-12-9-7-10-8(2)6-11-9/h3,6-7H,1,4-5H2,2H3. The molecule has 1 aromatic rings. The molecule has 1 rings (SSSR count). The maximum absolute atomic E-state index is 5.26. The second-order valence-electron chi connectivity index (χ2n) is 2.42. The molecule has 0 unspecified atom stereocenters. The van der Waals surface area contributed by atoms with E-state index in [1.54, 1.807) is 12.4 Å². The first-order valence-corrected chi connectivity index (χ1v) is 3.85. The minimum absolute atomic E-state index is 0.572. The van der Waals surface area contributed by atoms with E-state index in [2.05, 4.69) is 16.5 Å². The van der Waals surface area contributed by atoms with Crippen molar-refractivity contribution < 1.29 is 4.74 Å². The van der Waals surface area contributed by atoms with E-state index in [0.717, 1.165) is 12.1 Å². The molecule has 0 aliphatic heterocycles. The van der Waals surface area contributed by atoms with E-state index in [1.807, 2.05) is 13.0 Å². The summed E-state index contributed by atoms with van der Waals surface area (Å²) in [5.74, 6) is 0.572. The Morgan fingerprint density at radius 3 is 2.92 bits per heavy atom. The van der Waals surface area contributed by atoms with Crippen molar-refractivity contribution >= 4 is 0 Å². The van der Waals surface area contributed by atoms with Gasteiger partial charge in [-0.25, -0.2) is 4.98 Å². The quantitative estimate of drug-likeness (QED) is 0.502. The lowest BCUT2D eigenvalue weighted by atomic mass is 10.4. The first-order chi connectivity index (χ1) is 5.83. The Morgan fingerprint density at radius 1 is 1.50 bits per heavy atom. The van der Waals surface area contributed by atoms with E-state index in [4.69, 9.17) is 4.74 Å². The van der Waals surface area contributed by atoms with Crippen LogP contribution in [0.25, 0.3) is 0 Å². The normalized spacial score (nSPS) is 9.42. The van der Waals surface area contributed by atoms with Gasteiger partial charge in [0.15, 0.2) is 0 Å². The first kappa shape index (κ1) is 8.71. The monoisotopic (exact) mass is 164 g/mol. The maximum atomic E-state index is 5.26. The highest BCUT2D eigenvalue weighted by Gasteiger charge is 1.93. The SMILES string of the molecule is C=CCCOc1cnc(C)cn1. The second kappa shape index (κ2) is 4.49. The van der Waals surface area contributed by atoms with Gasteiger partial charge in [0.25, 0.3) is 0 Å². The van der Waals surface area contributed by atoms with E-state index in [1.165, 1.54) is 0 Å². The summed E-state index contributed by atoms with van der Waals surface area (Å²) in [5, 5.41) is 0. The summed E-state index contributed by atoms with van der Waals surface area (Å²) >= 11 is 0. The Morgan fingerprint density at radius 2 is 2.33 bits per heavy atom. The van der Waals surface area contributed by atoms with Crippen molar-refractivity contribution in [1.82, 2.24) is 9.97 Å². The van der Waals surface area contributed by atoms with Crippen molar-refractivity contribution in [1.29, 1.82) is 0 Å². The van der Waals surface area contributed by atoms with Crippen LogP contribution in [0.4, 0.5) is 0 Å². The molecule has 0 atom stereocenters. The summed E-state index contributed by atoms with van der Waals surface area (Å²) in [5.41, 5.74) is 0.895. The van der Waals surface area contributed by atoms with Crippen molar-refractivity contribution in [2.24, 2.45) is 0 Å². The molecule has 12 heavy (non-hydrogen) atoms. The Bertz CT molecular complexity index is 243. The van der Waals surface area contributed by atoms with Crippen LogP contribution in [0.3, 0.4) is 0 Å². The van der Waals surface area contributed by atoms with Gasteiger partial charge in [-0.2, -0.15) is 0 Å². The van der Waals surface area contributed by atoms with Gasteiger partial charge in [0.05, 0.1) is 24.7 Å². The molecule has 3 heteroatoms. The highest BCUT2D eigenvalue weighted by Crippen LogP contribution is 2.03. The zero-order valence-corrected chi connectivity index (χ0v) is 7.16. The second-order valence-corrected chi connectivity index (χ2v) is 2.42. The van der Waals surface area contributed by atoms with Crippen LogP contribution < -0.4 is 4.74 Å². The summed E-state index contributed by atoms with van der Waals surface area (Å²) < 4.78 is 5.26. The largest absolute Gasteiger partial charge is 0.476 e. The Labute approximate surface area is 72.1 Å². The predicted molar refractivity (Wildman–Crippen MR) is 47.1 cm³/mol. The van der Waals surface area contributed by atoms with Gasteiger partial charge in [-0.1, -0.05) is 6.08 Å². The van der Waals surface area contributed by atoms with Crippen LogP contribution in [0, 0.1) is 6.92 Å². The highest BCUT2D eigenvalue weighted by molar-refractivity contribution is 5.05. The van der Waals surface area contributed by atoms with Gasteiger partial charge < -0.3 is 4.74 Å². The molecule has 1 heterocycles. The van der Waals surface area contributed by atoms with Crippen LogP contribution in [0.2, 0.25) is 0 Å². The van der Waals surface area contributed by atoms with Crippen LogP contribution in [-0.4, -0.2) is 16.6 Å². The van der Waals surface area contributed by atoms with Crippen LogP contribution in [0.1, 0.15) is 12.1 Å². The number of aromatic nitrogens is 2. The molecular weight excluding hydrogens is 152 g/mol. The van der Waals surface area contributed by atoms with Crippen LogP contribution >= 0.6 is 0 Å². The molecule has 3 nitrogen and oxygen atoms in total. The van der Waals surface area contributed by atoms with Gasteiger partial charge in [0.1, 0.15) is 0 Å². The lowest BCUT2D eigenvalue weighted by Gasteiger charge is -2.01. The first-order valence-electron chi connectivity index (χ1n) is 3.85. The van der Waals surface area contributed by atoms with Crippen molar-refractivity contribution in [3.05, 3.63) is 30.7 Å². The molecule has 0 saturated heterocycles. The smallest absolute Gasteiger partial charge is 0.232 e. The lowest BCUT2D eigenvalue weighted by molar-refractivity contribution is 0.310. The summed E-state index contributed by atoms with van der Waals surface area (Å²) in [6.07, 6.45) is 5.94. The number of rotatable bonds is 4. The van der Waals surface area contributed by atoms with Crippen LogP contribution in [0.15, 0.2) is 25.0 Å². The average molecular weight is 164 g/mol. The molecule has 0 radical (unpaired) electrons. The van der Waals surface area contributed by atoms with Crippen molar-refractivity contribution in [2.45, 2.75) is 13.3 Å². The molecule has 0 aliphatic rings. The number of nitrogens with zero attached hydrogens (tertiary/aromatic N) is 2. The fourth-order valence-electron chi connectivity index (χ4n) is 0.702. The van der Waals surface area contributed by atoms with E-state index in [0.29, 0.717) is 12.5 Å². The van der Waals surface area contributed by atoms with Crippen LogP contribution in [0.5, 0.6) is 5.88 Å². The molecule has 64 valence electrons. The molecule has 0 fully saturated rings. The van der Waals surface area contributed by atoms with Crippen molar-refractivity contribution in [3.8, 4) is 5.88 Å². The number of ether oxygens (including phenoxy) is 1. The molecule has 0 saturated carbocycles. The van der Waals surface area contributed by atoms with E-state index in [9.17, 15) is 0 Å². The predicted octanol–water partition coefficient (Wildman–Crippen LogP) is 1.74. The van der Waals surface area contributed by atoms with Gasteiger partial charge in [0, 0.05) is 0 Å². The Hall–Kier alpha value is -1.38. The zero-order valence-electron chi connectivity index (χ0n) is 7.16. The molecule has 0 aromatic carbocycles. The van der Waals surface area contributed by atoms with E-state index >= 15 is 0 Å². The molecule has 1 aromatic heterocycles. The van der Waals surface area contributed by atoms with E-state index < -0.39 is 0 Å². The molecule has 0 amide bonds. The van der Waals surface area contributed by atoms with Gasteiger partial charge >= 0.3 is 0 Å². The molecule has 0 spiro atoms. The minimum Gasteiger partial charge on any atom is -0.476 e. The summed E-state index contributed by atoms with van der Waals surface area (Å²) in [6.45, 7) is 6.09. The van der Waals surface area contributed by atoms with Gasteiger partial charge in [-0.15, -0.1) is 6.58 Å². The molecule has 0 aliphatic carbocycles. The molecule has 0 N–H and O–H groups in total. The minimum atomic E-state index is 0.572. The number of hydrogen-bond acceptors (Lipinski definition) is 3. The van der Waals surface area contributed by atoms with Gasteiger partial charge in [-0.3, -0.25) is 4.98 Å². The van der Waals surface area contributed by atoms with Gasteiger partial charge in [-0.05, 0) is 13.3 Å².